The fourth-order valence-corrected chi connectivity index (χ4v) is 4.11. The van der Waals surface area contributed by atoms with Crippen molar-refractivity contribution < 1.29 is 4.74 Å². The Morgan fingerprint density at radius 2 is 2.14 bits per heavy atom. The molecule has 2 aliphatic carbocycles. The van der Waals surface area contributed by atoms with Gasteiger partial charge in [-0.05, 0) is 64.8 Å². The molecule has 118 valence electrons. The van der Waals surface area contributed by atoms with Crippen molar-refractivity contribution in [2.75, 3.05) is 19.7 Å². The van der Waals surface area contributed by atoms with Gasteiger partial charge in [0.05, 0.1) is 12.2 Å². The van der Waals surface area contributed by atoms with Gasteiger partial charge in [-0.15, -0.1) is 0 Å². The van der Waals surface area contributed by atoms with Crippen molar-refractivity contribution >= 4 is 0 Å². The molecule has 3 unspecified atom stereocenters. The largest absolute Gasteiger partial charge is 0.377 e. The van der Waals surface area contributed by atoms with Gasteiger partial charge in [0.15, 0.2) is 0 Å². The predicted octanol–water partition coefficient (Wildman–Crippen LogP) is 2.44. The second-order valence-corrected chi connectivity index (χ2v) is 7.08. The molecule has 0 amide bonds. The van der Waals surface area contributed by atoms with E-state index in [9.17, 15) is 5.26 Å². The average molecular weight is 291 g/mol. The highest BCUT2D eigenvalue weighted by atomic mass is 16.5. The van der Waals surface area contributed by atoms with E-state index < -0.39 is 0 Å². The zero-order chi connectivity index (χ0) is 14.7. The minimum Gasteiger partial charge on any atom is -0.377 e. The zero-order valence-electron chi connectivity index (χ0n) is 13.3. The summed E-state index contributed by atoms with van der Waals surface area (Å²) < 4.78 is 5.83. The summed E-state index contributed by atoms with van der Waals surface area (Å²) >= 11 is 0. The summed E-state index contributed by atoms with van der Waals surface area (Å²) in [5.41, 5.74) is -0.261. The molecule has 3 rings (SSSR count). The first kappa shape index (κ1) is 15.3. The Morgan fingerprint density at radius 3 is 2.86 bits per heavy atom. The van der Waals surface area contributed by atoms with E-state index in [0.717, 1.165) is 26.0 Å². The molecule has 1 heterocycles. The first-order valence-electron chi connectivity index (χ1n) is 8.79. The summed E-state index contributed by atoms with van der Waals surface area (Å²) in [6, 6.07) is 3.80. The number of piperidine rings is 1. The first-order chi connectivity index (χ1) is 10.2. The molecule has 4 nitrogen and oxygen atoms in total. The maximum absolute atomic E-state index is 9.71. The SMILES string of the molecule is CCOC1CCCN(C2CCCC(C#N)(NC3CC3)C2)C1. The van der Waals surface area contributed by atoms with E-state index in [-0.39, 0.29) is 5.54 Å². The normalized spacial score (nSPS) is 38.1. The van der Waals surface area contributed by atoms with Crippen molar-refractivity contribution in [3.05, 3.63) is 0 Å². The van der Waals surface area contributed by atoms with E-state index in [2.05, 4.69) is 23.2 Å². The lowest BCUT2D eigenvalue weighted by Gasteiger charge is -2.44. The van der Waals surface area contributed by atoms with Gasteiger partial charge in [-0.1, -0.05) is 0 Å². The Morgan fingerprint density at radius 1 is 1.29 bits per heavy atom. The summed E-state index contributed by atoms with van der Waals surface area (Å²) in [6.45, 7) is 5.14. The van der Waals surface area contributed by atoms with Crippen LogP contribution in [0.3, 0.4) is 0 Å². The van der Waals surface area contributed by atoms with Crippen LogP contribution in [0, 0.1) is 11.3 Å². The minimum atomic E-state index is -0.261. The van der Waals surface area contributed by atoms with Crippen LogP contribution in [0.25, 0.3) is 0 Å². The lowest BCUT2D eigenvalue weighted by molar-refractivity contribution is -0.0170. The zero-order valence-corrected chi connectivity index (χ0v) is 13.3. The molecule has 4 heteroatoms. The molecular weight excluding hydrogens is 262 g/mol. The maximum Gasteiger partial charge on any atom is 0.108 e. The number of hydrogen-bond donors (Lipinski definition) is 1. The highest BCUT2D eigenvalue weighted by Crippen LogP contribution is 2.35. The van der Waals surface area contributed by atoms with Gasteiger partial charge in [0.2, 0.25) is 0 Å². The molecular formula is C17H29N3O. The van der Waals surface area contributed by atoms with Crippen molar-refractivity contribution in [3.63, 3.8) is 0 Å². The Bertz CT molecular complexity index is 388. The molecule has 3 aliphatic rings. The lowest BCUT2D eigenvalue weighted by Crippen LogP contribution is -2.55. The average Bonchev–Trinajstić information content (AvgIpc) is 3.32. The monoisotopic (exact) mass is 291 g/mol. The van der Waals surface area contributed by atoms with Gasteiger partial charge in [-0.2, -0.15) is 5.26 Å². The van der Waals surface area contributed by atoms with Crippen LogP contribution < -0.4 is 5.32 Å². The predicted molar refractivity (Wildman–Crippen MR) is 83.0 cm³/mol. The van der Waals surface area contributed by atoms with Crippen molar-refractivity contribution in [1.29, 1.82) is 5.26 Å². The molecule has 21 heavy (non-hydrogen) atoms. The topological polar surface area (TPSA) is 48.3 Å². The van der Waals surface area contributed by atoms with Crippen LogP contribution in [-0.4, -0.2) is 48.3 Å². The van der Waals surface area contributed by atoms with E-state index in [1.165, 1.54) is 45.1 Å². The third-order valence-electron chi connectivity index (χ3n) is 5.33. The summed E-state index contributed by atoms with van der Waals surface area (Å²) in [5, 5.41) is 13.4. The number of nitriles is 1. The molecule has 1 saturated heterocycles. The third-order valence-corrected chi connectivity index (χ3v) is 5.33. The second kappa shape index (κ2) is 6.64. The number of nitrogens with one attached hydrogen (secondary N) is 1. The lowest BCUT2D eigenvalue weighted by atomic mass is 9.78. The quantitative estimate of drug-likeness (QED) is 0.845. The fraction of sp³-hybridized carbons (Fsp3) is 0.941. The smallest absolute Gasteiger partial charge is 0.108 e. The number of rotatable bonds is 5. The van der Waals surface area contributed by atoms with Crippen LogP contribution in [0.1, 0.15) is 58.3 Å². The Balaban J connectivity index is 1.60. The van der Waals surface area contributed by atoms with Crippen molar-refractivity contribution in [1.82, 2.24) is 10.2 Å². The molecule has 3 fully saturated rings. The van der Waals surface area contributed by atoms with Gasteiger partial charge in [0, 0.05) is 25.2 Å². The van der Waals surface area contributed by atoms with E-state index in [1.54, 1.807) is 0 Å². The van der Waals surface area contributed by atoms with E-state index >= 15 is 0 Å². The van der Waals surface area contributed by atoms with Gasteiger partial charge < -0.3 is 4.74 Å². The van der Waals surface area contributed by atoms with Gasteiger partial charge in [0.1, 0.15) is 5.54 Å². The van der Waals surface area contributed by atoms with Crippen LogP contribution in [0.2, 0.25) is 0 Å². The minimum absolute atomic E-state index is 0.261. The Hall–Kier alpha value is -0.630. The number of ether oxygens (including phenoxy) is 1. The third kappa shape index (κ3) is 3.77. The molecule has 2 saturated carbocycles. The molecule has 0 aromatic carbocycles. The molecule has 0 aromatic rings. The molecule has 0 spiro atoms. The van der Waals surface area contributed by atoms with Crippen LogP contribution >= 0.6 is 0 Å². The summed E-state index contributed by atoms with van der Waals surface area (Å²) in [5.74, 6) is 0. The molecule has 0 aromatic heterocycles. The van der Waals surface area contributed by atoms with Crippen LogP contribution in [0.4, 0.5) is 0 Å². The standard InChI is InChI=1S/C17H29N3O/c1-2-21-16-6-4-10-20(12-16)15-5-3-9-17(11-15,13-18)19-14-7-8-14/h14-16,19H,2-12H2,1H3. The number of likely N-dealkylation sites (tertiary alicyclic amines) is 1. The Kier molecular flexibility index (Phi) is 4.83. The van der Waals surface area contributed by atoms with E-state index in [4.69, 9.17) is 4.74 Å². The molecule has 1 aliphatic heterocycles. The number of hydrogen-bond acceptors (Lipinski definition) is 4. The summed E-state index contributed by atoms with van der Waals surface area (Å²) in [6.07, 6.45) is 9.78. The Labute approximate surface area is 128 Å². The van der Waals surface area contributed by atoms with Gasteiger partial charge >= 0.3 is 0 Å². The molecule has 0 radical (unpaired) electrons. The summed E-state index contributed by atoms with van der Waals surface area (Å²) in [4.78, 5) is 2.60. The van der Waals surface area contributed by atoms with Crippen LogP contribution in [0.5, 0.6) is 0 Å². The van der Waals surface area contributed by atoms with Gasteiger partial charge in [0.25, 0.3) is 0 Å². The summed E-state index contributed by atoms with van der Waals surface area (Å²) in [7, 11) is 0. The van der Waals surface area contributed by atoms with Crippen LogP contribution in [-0.2, 0) is 4.74 Å². The van der Waals surface area contributed by atoms with Crippen LogP contribution in [0.15, 0.2) is 0 Å². The van der Waals surface area contributed by atoms with Crippen molar-refractivity contribution in [3.8, 4) is 6.07 Å². The highest BCUT2D eigenvalue weighted by Gasteiger charge is 2.42. The highest BCUT2D eigenvalue weighted by molar-refractivity contribution is 5.13. The van der Waals surface area contributed by atoms with E-state index in [1.807, 2.05) is 0 Å². The fourth-order valence-electron chi connectivity index (χ4n) is 4.11. The van der Waals surface area contributed by atoms with Gasteiger partial charge in [-0.3, -0.25) is 10.2 Å². The molecule has 3 atom stereocenters. The molecule has 0 bridgehead atoms. The van der Waals surface area contributed by atoms with Crippen molar-refractivity contribution in [2.45, 2.75) is 82.0 Å². The van der Waals surface area contributed by atoms with Gasteiger partial charge in [-0.25, -0.2) is 0 Å². The maximum atomic E-state index is 9.71. The first-order valence-corrected chi connectivity index (χ1v) is 8.79. The second-order valence-electron chi connectivity index (χ2n) is 7.08. The molecule has 1 N–H and O–H groups in total. The number of nitrogens with zero attached hydrogens (tertiary/aromatic N) is 2. The van der Waals surface area contributed by atoms with Crippen molar-refractivity contribution in [2.24, 2.45) is 0 Å². The van der Waals surface area contributed by atoms with E-state index in [0.29, 0.717) is 18.2 Å².